The Balaban J connectivity index is 1.86. The fourth-order valence-electron chi connectivity index (χ4n) is 4.81. The van der Waals surface area contributed by atoms with E-state index in [2.05, 4.69) is 27.8 Å². The molecule has 4 rings (SSSR count). The number of esters is 1. The van der Waals surface area contributed by atoms with Crippen molar-refractivity contribution in [1.29, 1.82) is 0 Å². The van der Waals surface area contributed by atoms with Gasteiger partial charge in [0, 0.05) is 29.3 Å². The van der Waals surface area contributed by atoms with Gasteiger partial charge in [-0.1, -0.05) is 36.9 Å². The number of halogens is 1. The number of ketones is 1. The van der Waals surface area contributed by atoms with Crippen molar-refractivity contribution in [3.63, 3.8) is 0 Å². The first kappa shape index (κ1) is 23.1. The number of phenolic OH excluding ortho intramolecular Hbond substituents is 1. The fourth-order valence-corrected chi connectivity index (χ4v) is 5.27. The molecular weight excluding hydrogens is 486 g/mol. The number of carbonyl (C=O) groups is 2. The average molecular weight is 512 g/mol. The highest BCUT2D eigenvalue weighted by Gasteiger charge is 2.45. The van der Waals surface area contributed by atoms with E-state index in [-0.39, 0.29) is 23.2 Å². The van der Waals surface area contributed by atoms with E-state index >= 15 is 0 Å². The van der Waals surface area contributed by atoms with E-state index in [9.17, 15) is 14.7 Å². The molecule has 7 heteroatoms. The molecule has 0 amide bonds. The van der Waals surface area contributed by atoms with Crippen LogP contribution in [0.4, 0.5) is 0 Å². The second kappa shape index (κ2) is 9.43. The molecule has 3 unspecified atom stereocenters. The van der Waals surface area contributed by atoms with Crippen LogP contribution in [-0.4, -0.2) is 30.6 Å². The zero-order valence-electron chi connectivity index (χ0n) is 18.6. The average Bonchev–Trinajstić information content (AvgIpc) is 2.81. The zero-order chi connectivity index (χ0) is 23.7. The summed E-state index contributed by atoms with van der Waals surface area (Å²) in [6.45, 7) is 6.28. The molecule has 0 bridgehead atoms. The summed E-state index contributed by atoms with van der Waals surface area (Å²) in [5.74, 6) is -1.62. The molecule has 1 heterocycles. The van der Waals surface area contributed by atoms with Gasteiger partial charge in [-0.05, 0) is 58.5 Å². The zero-order valence-corrected chi connectivity index (χ0v) is 20.1. The monoisotopic (exact) mass is 511 g/mol. The molecule has 1 aliphatic carbocycles. The van der Waals surface area contributed by atoms with Gasteiger partial charge in [0.05, 0.1) is 18.2 Å². The van der Waals surface area contributed by atoms with Crippen LogP contribution in [0.2, 0.25) is 0 Å². The Morgan fingerprint density at radius 3 is 2.61 bits per heavy atom. The highest BCUT2D eigenvalue weighted by Crippen LogP contribution is 2.49. The van der Waals surface area contributed by atoms with Crippen LogP contribution < -0.4 is 10.1 Å². The maximum atomic E-state index is 13.5. The number of hydrogen-bond acceptors (Lipinski definition) is 6. The summed E-state index contributed by atoms with van der Waals surface area (Å²) in [6, 6.07) is 13.4. The molecule has 2 aromatic rings. The Morgan fingerprint density at radius 2 is 1.94 bits per heavy atom. The summed E-state index contributed by atoms with van der Waals surface area (Å²) in [6.07, 6.45) is 0.977. The van der Waals surface area contributed by atoms with Crippen LogP contribution in [0.1, 0.15) is 42.7 Å². The number of benzene rings is 2. The highest BCUT2D eigenvalue weighted by atomic mass is 79.9. The Hall–Kier alpha value is -3.06. The van der Waals surface area contributed by atoms with Crippen LogP contribution >= 0.6 is 15.9 Å². The number of rotatable bonds is 5. The third kappa shape index (κ3) is 4.29. The first-order valence-electron chi connectivity index (χ1n) is 10.9. The Kier molecular flexibility index (Phi) is 6.61. The minimum atomic E-state index is -0.795. The summed E-state index contributed by atoms with van der Waals surface area (Å²) >= 11 is 3.38. The van der Waals surface area contributed by atoms with Gasteiger partial charge < -0.3 is 19.9 Å². The van der Waals surface area contributed by atoms with Gasteiger partial charge in [0.1, 0.15) is 5.92 Å². The predicted octanol–water partition coefficient (Wildman–Crippen LogP) is 4.94. The maximum absolute atomic E-state index is 13.5. The van der Waals surface area contributed by atoms with Gasteiger partial charge in [-0.2, -0.15) is 0 Å². The Morgan fingerprint density at radius 1 is 1.21 bits per heavy atom. The van der Waals surface area contributed by atoms with E-state index in [1.165, 1.54) is 7.11 Å². The number of hydrogen-bond donors (Lipinski definition) is 2. The Bertz CT molecular complexity index is 1140. The molecule has 2 N–H and O–H groups in total. The number of Topliss-reactive ketones (excluding diaryl/α,β-unsaturated/α-hetero) is 1. The number of carbonyl (C=O) groups excluding carboxylic acids is 2. The van der Waals surface area contributed by atoms with Gasteiger partial charge in [0.2, 0.25) is 0 Å². The lowest BCUT2D eigenvalue weighted by molar-refractivity contribution is -0.144. The third-order valence-electron chi connectivity index (χ3n) is 6.27. The lowest BCUT2D eigenvalue weighted by Gasteiger charge is -2.40. The molecule has 3 atom stereocenters. The van der Waals surface area contributed by atoms with Gasteiger partial charge in [-0.3, -0.25) is 9.59 Å². The van der Waals surface area contributed by atoms with Crippen LogP contribution in [0.15, 0.2) is 70.5 Å². The van der Waals surface area contributed by atoms with Crippen LogP contribution in [0.5, 0.6) is 11.5 Å². The number of methoxy groups -OCH3 is 1. The maximum Gasteiger partial charge on any atom is 0.315 e. The molecule has 33 heavy (non-hydrogen) atoms. The van der Waals surface area contributed by atoms with Crippen molar-refractivity contribution in [2.45, 2.75) is 31.6 Å². The predicted molar refractivity (Wildman–Crippen MR) is 128 cm³/mol. The third-order valence-corrected chi connectivity index (χ3v) is 6.88. The van der Waals surface area contributed by atoms with E-state index in [0.29, 0.717) is 40.8 Å². The molecule has 0 fully saturated rings. The van der Waals surface area contributed by atoms with Gasteiger partial charge in [-0.15, -0.1) is 0 Å². The fraction of sp³-hybridized carbons (Fsp3) is 0.308. The van der Waals surface area contributed by atoms with Crippen molar-refractivity contribution in [2.24, 2.45) is 5.92 Å². The van der Waals surface area contributed by atoms with Crippen LogP contribution in [0.25, 0.3) is 0 Å². The molecule has 0 saturated carbocycles. The molecule has 172 valence electrons. The summed E-state index contributed by atoms with van der Waals surface area (Å²) in [5, 5.41) is 13.6. The molecule has 0 aromatic heterocycles. The van der Waals surface area contributed by atoms with Crippen LogP contribution in [0.3, 0.4) is 0 Å². The normalized spacial score (nSPS) is 22.5. The minimum Gasteiger partial charge on any atom is -0.503 e. The van der Waals surface area contributed by atoms with Crippen molar-refractivity contribution in [3.05, 3.63) is 81.6 Å². The standard InChI is InChI=1S/C26H26BrNO5/c1-4-33-21-13-17(10-18(27)25(21)30)23-22(26(31)32-3)14(2)28-19-11-16(12-20(29)24(19)23)15-8-6-5-7-9-15/h5-10,13,16,22-23,28,30H,2,4,11-12H2,1,3H3. The van der Waals surface area contributed by atoms with Crippen molar-refractivity contribution in [1.82, 2.24) is 5.32 Å². The highest BCUT2D eigenvalue weighted by molar-refractivity contribution is 9.10. The molecule has 6 nitrogen and oxygen atoms in total. The number of allylic oxidation sites excluding steroid dienone is 2. The molecule has 1 aliphatic heterocycles. The van der Waals surface area contributed by atoms with E-state index in [4.69, 9.17) is 9.47 Å². The van der Waals surface area contributed by atoms with Crippen molar-refractivity contribution in [2.75, 3.05) is 13.7 Å². The molecule has 0 radical (unpaired) electrons. The lowest BCUT2D eigenvalue weighted by atomic mass is 9.69. The van der Waals surface area contributed by atoms with Gasteiger partial charge in [0.15, 0.2) is 17.3 Å². The lowest BCUT2D eigenvalue weighted by Crippen LogP contribution is -2.42. The van der Waals surface area contributed by atoms with E-state index in [1.807, 2.05) is 37.3 Å². The van der Waals surface area contributed by atoms with E-state index < -0.39 is 17.8 Å². The molecule has 2 aromatic carbocycles. The topological polar surface area (TPSA) is 84.9 Å². The van der Waals surface area contributed by atoms with E-state index in [1.54, 1.807) is 12.1 Å². The first-order valence-corrected chi connectivity index (χ1v) is 11.6. The summed E-state index contributed by atoms with van der Waals surface area (Å²) in [4.78, 5) is 26.4. The SMILES string of the molecule is C=C1NC2=C(C(=O)CC(c3ccccc3)C2)C(c2cc(Br)c(O)c(OCC)c2)C1C(=O)OC. The Labute approximate surface area is 201 Å². The van der Waals surface area contributed by atoms with Crippen molar-refractivity contribution in [3.8, 4) is 11.5 Å². The minimum absolute atomic E-state index is 0.0221. The molecular formula is C26H26BrNO5. The van der Waals surface area contributed by atoms with Gasteiger partial charge >= 0.3 is 5.97 Å². The number of ether oxygens (including phenoxy) is 2. The smallest absolute Gasteiger partial charge is 0.315 e. The number of nitrogens with one attached hydrogen (secondary N) is 1. The quantitative estimate of drug-likeness (QED) is 0.552. The van der Waals surface area contributed by atoms with Gasteiger partial charge in [0.25, 0.3) is 0 Å². The summed E-state index contributed by atoms with van der Waals surface area (Å²) < 4.78 is 11.1. The molecule has 2 aliphatic rings. The number of phenols is 1. The molecule has 0 saturated heterocycles. The van der Waals surface area contributed by atoms with Crippen LogP contribution in [-0.2, 0) is 14.3 Å². The summed E-state index contributed by atoms with van der Waals surface area (Å²) in [5.41, 5.74) is 3.58. The van der Waals surface area contributed by atoms with E-state index in [0.717, 1.165) is 11.3 Å². The number of aromatic hydroxyl groups is 1. The summed E-state index contributed by atoms with van der Waals surface area (Å²) in [7, 11) is 1.32. The first-order chi connectivity index (χ1) is 15.8. The van der Waals surface area contributed by atoms with Crippen LogP contribution in [0, 0.1) is 5.92 Å². The van der Waals surface area contributed by atoms with Crippen molar-refractivity contribution < 1.29 is 24.2 Å². The second-order valence-corrected chi connectivity index (χ2v) is 9.10. The van der Waals surface area contributed by atoms with Gasteiger partial charge in [-0.25, -0.2) is 0 Å². The van der Waals surface area contributed by atoms with Crippen molar-refractivity contribution >= 4 is 27.7 Å². The largest absolute Gasteiger partial charge is 0.503 e. The molecule has 0 spiro atoms. The second-order valence-electron chi connectivity index (χ2n) is 8.24.